The SMILES string of the molecule is CCOc1ccc(C(=O)n2cc(S(=O)(=O)c3ccc4c(c3-c3ccccc3)CCN4)[nH]c2=O)cc1. The number of carbonyl (C=O) groups excluding carboxylic acids is 1. The summed E-state index contributed by atoms with van der Waals surface area (Å²) < 4.78 is 33.6. The Labute approximate surface area is 202 Å². The molecule has 1 aliphatic rings. The van der Waals surface area contributed by atoms with Crippen molar-refractivity contribution in [1.82, 2.24) is 9.55 Å². The van der Waals surface area contributed by atoms with Crippen molar-refractivity contribution in [1.29, 1.82) is 0 Å². The summed E-state index contributed by atoms with van der Waals surface area (Å²) in [4.78, 5) is 28.0. The predicted octanol–water partition coefficient (Wildman–Crippen LogP) is 3.73. The highest BCUT2D eigenvalue weighted by Gasteiger charge is 2.29. The van der Waals surface area contributed by atoms with Gasteiger partial charge in [-0.2, -0.15) is 0 Å². The summed E-state index contributed by atoms with van der Waals surface area (Å²) in [6.07, 6.45) is 1.73. The van der Waals surface area contributed by atoms with Gasteiger partial charge in [0.05, 0.1) is 17.7 Å². The summed E-state index contributed by atoms with van der Waals surface area (Å²) in [7, 11) is -4.15. The Morgan fingerprint density at radius 2 is 1.77 bits per heavy atom. The molecule has 5 rings (SSSR count). The number of nitrogens with one attached hydrogen (secondary N) is 2. The first-order valence-electron chi connectivity index (χ1n) is 11.2. The molecule has 35 heavy (non-hydrogen) atoms. The number of aromatic amines is 1. The smallest absolute Gasteiger partial charge is 0.333 e. The third kappa shape index (κ3) is 4.04. The first kappa shape index (κ1) is 22.7. The van der Waals surface area contributed by atoms with Crippen LogP contribution >= 0.6 is 0 Å². The maximum Gasteiger partial charge on any atom is 0.333 e. The first-order valence-corrected chi connectivity index (χ1v) is 12.7. The molecule has 4 aromatic rings. The van der Waals surface area contributed by atoms with Crippen LogP contribution in [0.5, 0.6) is 5.75 Å². The van der Waals surface area contributed by atoms with Crippen LogP contribution in [0.1, 0.15) is 22.8 Å². The van der Waals surface area contributed by atoms with Crippen molar-refractivity contribution in [2.45, 2.75) is 23.3 Å². The molecule has 3 aromatic carbocycles. The van der Waals surface area contributed by atoms with E-state index in [0.717, 1.165) is 27.6 Å². The second kappa shape index (κ2) is 8.92. The Kier molecular flexibility index (Phi) is 5.78. The van der Waals surface area contributed by atoms with Gasteiger partial charge in [0, 0.05) is 23.4 Å². The highest BCUT2D eigenvalue weighted by molar-refractivity contribution is 7.91. The Morgan fingerprint density at radius 1 is 1.03 bits per heavy atom. The average Bonchev–Trinajstić information content (AvgIpc) is 3.51. The predicted molar refractivity (Wildman–Crippen MR) is 132 cm³/mol. The second-order valence-corrected chi connectivity index (χ2v) is 9.95. The lowest BCUT2D eigenvalue weighted by atomic mass is 9.98. The van der Waals surface area contributed by atoms with Crippen molar-refractivity contribution < 1.29 is 17.9 Å². The van der Waals surface area contributed by atoms with Crippen molar-refractivity contribution >= 4 is 21.4 Å². The topological polar surface area (TPSA) is 110 Å². The third-order valence-corrected chi connectivity index (χ3v) is 7.64. The fourth-order valence-corrected chi connectivity index (χ4v) is 5.76. The molecule has 0 saturated heterocycles. The number of benzene rings is 3. The van der Waals surface area contributed by atoms with Gasteiger partial charge in [0.1, 0.15) is 5.75 Å². The van der Waals surface area contributed by atoms with Gasteiger partial charge in [0.15, 0.2) is 5.03 Å². The van der Waals surface area contributed by atoms with E-state index in [1.54, 1.807) is 24.3 Å². The van der Waals surface area contributed by atoms with Gasteiger partial charge in [-0.15, -0.1) is 0 Å². The number of carbonyl (C=O) groups is 1. The van der Waals surface area contributed by atoms with Crippen LogP contribution in [0.2, 0.25) is 0 Å². The number of rotatable bonds is 6. The number of hydrogen-bond donors (Lipinski definition) is 2. The molecule has 1 aliphatic heterocycles. The van der Waals surface area contributed by atoms with E-state index in [2.05, 4.69) is 10.3 Å². The van der Waals surface area contributed by atoms with E-state index < -0.39 is 21.4 Å². The van der Waals surface area contributed by atoms with E-state index in [1.165, 1.54) is 12.1 Å². The number of aromatic nitrogens is 2. The minimum absolute atomic E-state index is 0.0769. The number of sulfone groups is 1. The zero-order valence-electron chi connectivity index (χ0n) is 18.9. The normalized spacial score (nSPS) is 12.7. The van der Waals surface area contributed by atoms with Crippen LogP contribution in [-0.4, -0.2) is 37.0 Å². The number of hydrogen-bond acceptors (Lipinski definition) is 6. The van der Waals surface area contributed by atoms with E-state index in [0.29, 0.717) is 30.9 Å². The molecule has 8 nitrogen and oxygen atoms in total. The molecular weight excluding hydrogens is 466 g/mol. The summed E-state index contributed by atoms with van der Waals surface area (Å²) in [5.41, 5.74) is 2.56. The molecule has 0 saturated carbocycles. The average molecular weight is 490 g/mol. The van der Waals surface area contributed by atoms with E-state index in [-0.39, 0.29) is 15.5 Å². The number of fused-ring (bicyclic) bond motifs is 1. The van der Waals surface area contributed by atoms with Gasteiger partial charge in [0.2, 0.25) is 9.84 Å². The number of anilines is 1. The molecule has 9 heteroatoms. The molecule has 0 unspecified atom stereocenters. The standard InChI is InChI=1S/C26H23N3O5S/c1-2-34-19-10-8-18(9-11-19)25(30)29-16-23(28-26(29)31)35(32,33)22-13-12-21-20(14-15-27-21)24(22)17-6-4-3-5-7-17/h3-13,16,27H,2,14-15H2,1H3,(H,28,31). The summed E-state index contributed by atoms with van der Waals surface area (Å²) in [5.74, 6) is -0.0505. The number of H-pyrrole nitrogens is 1. The largest absolute Gasteiger partial charge is 0.494 e. The number of nitrogens with zero attached hydrogens (tertiary/aromatic N) is 1. The lowest BCUT2D eigenvalue weighted by Gasteiger charge is -2.14. The van der Waals surface area contributed by atoms with Gasteiger partial charge < -0.3 is 10.1 Å². The molecule has 178 valence electrons. The maximum absolute atomic E-state index is 13.7. The lowest BCUT2D eigenvalue weighted by molar-refractivity contribution is 0.0956. The molecule has 0 aliphatic carbocycles. The van der Waals surface area contributed by atoms with Crippen LogP contribution in [0.25, 0.3) is 11.1 Å². The van der Waals surface area contributed by atoms with Crippen LogP contribution < -0.4 is 15.7 Å². The van der Waals surface area contributed by atoms with Crippen LogP contribution in [-0.2, 0) is 16.3 Å². The van der Waals surface area contributed by atoms with E-state index in [9.17, 15) is 18.0 Å². The molecule has 1 aromatic heterocycles. The summed E-state index contributed by atoms with van der Waals surface area (Å²) in [6, 6.07) is 18.9. The molecule has 0 amide bonds. The molecule has 0 fully saturated rings. The van der Waals surface area contributed by atoms with Crippen molar-refractivity contribution in [2.24, 2.45) is 0 Å². The van der Waals surface area contributed by atoms with Crippen LogP contribution in [0.3, 0.4) is 0 Å². The first-order chi connectivity index (χ1) is 16.9. The number of imidazole rings is 1. The molecule has 2 heterocycles. The van der Waals surface area contributed by atoms with Gasteiger partial charge in [-0.25, -0.2) is 17.8 Å². The molecule has 2 N–H and O–H groups in total. The summed E-state index contributed by atoms with van der Waals surface area (Å²) in [6.45, 7) is 3.04. The van der Waals surface area contributed by atoms with Gasteiger partial charge >= 0.3 is 5.69 Å². The second-order valence-electron chi connectivity index (χ2n) is 8.07. The Morgan fingerprint density at radius 3 is 2.49 bits per heavy atom. The van der Waals surface area contributed by atoms with Gasteiger partial charge in [-0.3, -0.25) is 9.78 Å². The highest BCUT2D eigenvalue weighted by Crippen LogP contribution is 2.39. The minimum atomic E-state index is -4.15. The zero-order chi connectivity index (χ0) is 24.6. The Balaban J connectivity index is 1.58. The van der Waals surface area contributed by atoms with Gasteiger partial charge in [-0.1, -0.05) is 30.3 Å². The van der Waals surface area contributed by atoms with E-state index >= 15 is 0 Å². The van der Waals surface area contributed by atoms with Crippen LogP contribution in [0.15, 0.2) is 87.6 Å². The molecule has 0 spiro atoms. The number of ether oxygens (including phenoxy) is 1. The summed E-state index contributed by atoms with van der Waals surface area (Å²) in [5, 5.41) is 2.93. The molecule has 0 atom stereocenters. The monoisotopic (exact) mass is 489 g/mol. The van der Waals surface area contributed by atoms with Crippen LogP contribution in [0, 0.1) is 0 Å². The highest BCUT2D eigenvalue weighted by atomic mass is 32.2. The van der Waals surface area contributed by atoms with Crippen LogP contribution in [0.4, 0.5) is 5.69 Å². The quantitative estimate of drug-likeness (QED) is 0.427. The maximum atomic E-state index is 13.7. The molecule has 0 radical (unpaired) electrons. The molecular formula is C26H23N3O5S. The van der Waals surface area contributed by atoms with Crippen molar-refractivity contribution in [2.75, 3.05) is 18.5 Å². The fourth-order valence-electron chi connectivity index (χ4n) is 4.30. The van der Waals surface area contributed by atoms with Crippen molar-refractivity contribution in [3.63, 3.8) is 0 Å². The third-order valence-electron chi connectivity index (χ3n) is 5.93. The Bertz CT molecular complexity index is 1570. The summed E-state index contributed by atoms with van der Waals surface area (Å²) >= 11 is 0. The Hall–Kier alpha value is -4.11. The van der Waals surface area contributed by atoms with E-state index in [4.69, 9.17) is 4.74 Å². The van der Waals surface area contributed by atoms with Gasteiger partial charge in [0.25, 0.3) is 5.91 Å². The minimum Gasteiger partial charge on any atom is -0.494 e. The lowest BCUT2D eigenvalue weighted by Crippen LogP contribution is -2.24. The van der Waals surface area contributed by atoms with Crippen molar-refractivity contribution in [3.05, 3.63) is 94.5 Å². The van der Waals surface area contributed by atoms with Crippen molar-refractivity contribution in [3.8, 4) is 16.9 Å². The van der Waals surface area contributed by atoms with E-state index in [1.807, 2.05) is 37.3 Å². The van der Waals surface area contributed by atoms with Gasteiger partial charge in [-0.05, 0) is 60.9 Å². The fraction of sp³-hybridized carbons (Fsp3) is 0.154. The molecule has 0 bridgehead atoms. The zero-order valence-corrected chi connectivity index (χ0v) is 19.8.